The van der Waals surface area contributed by atoms with E-state index in [1.54, 1.807) is 13.2 Å². The summed E-state index contributed by atoms with van der Waals surface area (Å²) in [5.74, 6) is 2.58. The van der Waals surface area contributed by atoms with Crippen molar-refractivity contribution < 1.29 is 9.47 Å². The van der Waals surface area contributed by atoms with Crippen LogP contribution in [0.1, 0.15) is 30.7 Å². The Balaban J connectivity index is 0.00000261. The molecular weight excluding hydrogens is 457 g/mol. The van der Waals surface area contributed by atoms with Crippen molar-refractivity contribution in [2.75, 3.05) is 13.7 Å². The summed E-state index contributed by atoms with van der Waals surface area (Å²) in [5, 5.41) is 10.8. The van der Waals surface area contributed by atoms with Gasteiger partial charge in [-0.15, -0.1) is 24.0 Å². The molecule has 8 heteroatoms. The SMILES string of the molecule is CCOc1cc2c(cc1CNC(=NC)NCc1ccnn1C)OC(C)C2.I. The van der Waals surface area contributed by atoms with Crippen molar-refractivity contribution in [1.29, 1.82) is 0 Å². The molecule has 7 nitrogen and oxygen atoms in total. The standard InChI is InChI=1S/C19H27N5O2.HI/c1-5-25-17-9-14-8-13(2)26-18(14)10-15(17)11-21-19(20-3)22-12-16-6-7-23-24(16)4;/h6-7,9-10,13H,5,8,11-12H2,1-4H3,(H2,20,21,22);1H. The quantitative estimate of drug-likeness (QED) is 0.374. The largest absolute Gasteiger partial charge is 0.494 e. The van der Waals surface area contributed by atoms with Gasteiger partial charge in [-0.25, -0.2) is 0 Å². The number of hydrogen-bond acceptors (Lipinski definition) is 4. The smallest absolute Gasteiger partial charge is 0.191 e. The van der Waals surface area contributed by atoms with Crippen molar-refractivity contribution in [3.63, 3.8) is 0 Å². The second kappa shape index (κ2) is 9.82. The van der Waals surface area contributed by atoms with Gasteiger partial charge < -0.3 is 20.1 Å². The van der Waals surface area contributed by atoms with E-state index in [2.05, 4.69) is 39.8 Å². The van der Waals surface area contributed by atoms with Crippen LogP contribution in [0.25, 0.3) is 0 Å². The molecule has 0 saturated heterocycles. The number of nitrogens with one attached hydrogen (secondary N) is 2. The zero-order valence-corrected chi connectivity index (χ0v) is 18.6. The maximum absolute atomic E-state index is 5.88. The predicted octanol–water partition coefficient (Wildman–Crippen LogP) is 2.63. The monoisotopic (exact) mass is 485 g/mol. The molecule has 2 aromatic rings. The molecule has 1 atom stereocenters. The lowest BCUT2D eigenvalue weighted by Crippen LogP contribution is -2.36. The third-order valence-corrected chi connectivity index (χ3v) is 4.41. The Bertz CT molecular complexity index is 790. The maximum Gasteiger partial charge on any atom is 0.191 e. The molecule has 0 radical (unpaired) electrons. The highest BCUT2D eigenvalue weighted by Crippen LogP contribution is 2.35. The van der Waals surface area contributed by atoms with Crippen LogP contribution >= 0.6 is 24.0 Å². The van der Waals surface area contributed by atoms with Crippen LogP contribution in [0.5, 0.6) is 11.5 Å². The maximum atomic E-state index is 5.88. The summed E-state index contributed by atoms with van der Waals surface area (Å²) in [6, 6.07) is 6.16. The number of nitrogens with zero attached hydrogens (tertiary/aromatic N) is 3. The summed E-state index contributed by atoms with van der Waals surface area (Å²) in [6.45, 7) is 5.97. The minimum Gasteiger partial charge on any atom is -0.494 e. The summed E-state index contributed by atoms with van der Waals surface area (Å²) >= 11 is 0. The van der Waals surface area contributed by atoms with E-state index in [0.717, 1.165) is 35.1 Å². The van der Waals surface area contributed by atoms with Crippen molar-refractivity contribution in [3.05, 3.63) is 41.2 Å². The Morgan fingerprint density at radius 2 is 2.15 bits per heavy atom. The minimum atomic E-state index is 0. The van der Waals surface area contributed by atoms with E-state index >= 15 is 0 Å². The van der Waals surface area contributed by atoms with Gasteiger partial charge in [0.05, 0.1) is 18.8 Å². The van der Waals surface area contributed by atoms with Crippen molar-refractivity contribution >= 4 is 29.9 Å². The minimum absolute atomic E-state index is 0. The Hall–Kier alpha value is -1.97. The molecule has 0 saturated carbocycles. The lowest BCUT2D eigenvalue weighted by atomic mass is 10.1. The van der Waals surface area contributed by atoms with Gasteiger partial charge >= 0.3 is 0 Å². The molecule has 2 N–H and O–H groups in total. The van der Waals surface area contributed by atoms with Crippen molar-refractivity contribution in [3.8, 4) is 11.5 Å². The highest BCUT2D eigenvalue weighted by molar-refractivity contribution is 14.0. The van der Waals surface area contributed by atoms with Gasteiger partial charge in [-0.3, -0.25) is 9.67 Å². The van der Waals surface area contributed by atoms with E-state index < -0.39 is 0 Å². The molecule has 1 unspecified atom stereocenters. The molecule has 0 spiro atoms. The molecule has 1 aromatic heterocycles. The summed E-state index contributed by atoms with van der Waals surface area (Å²) in [6.07, 6.45) is 2.93. The van der Waals surface area contributed by atoms with Crippen LogP contribution in [0.2, 0.25) is 0 Å². The van der Waals surface area contributed by atoms with Gasteiger partial charge in [0.15, 0.2) is 5.96 Å². The van der Waals surface area contributed by atoms with Gasteiger partial charge in [0.2, 0.25) is 0 Å². The Morgan fingerprint density at radius 3 is 2.81 bits per heavy atom. The first kappa shape index (κ1) is 21.3. The summed E-state index contributed by atoms with van der Waals surface area (Å²) in [5.41, 5.74) is 3.36. The van der Waals surface area contributed by atoms with E-state index in [4.69, 9.17) is 9.47 Å². The number of ether oxygens (including phenoxy) is 2. The number of benzene rings is 1. The Morgan fingerprint density at radius 1 is 1.37 bits per heavy atom. The highest BCUT2D eigenvalue weighted by Gasteiger charge is 2.21. The van der Waals surface area contributed by atoms with E-state index in [0.29, 0.717) is 19.7 Å². The number of aromatic nitrogens is 2. The van der Waals surface area contributed by atoms with Gasteiger partial charge in [0.1, 0.15) is 17.6 Å². The van der Waals surface area contributed by atoms with Crippen molar-refractivity contribution in [2.24, 2.45) is 12.0 Å². The second-order valence-electron chi connectivity index (χ2n) is 6.36. The number of guanidine groups is 1. The van der Waals surface area contributed by atoms with Crippen LogP contribution in [0, 0.1) is 0 Å². The van der Waals surface area contributed by atoms with Crippen LogP contribution in [0.3, 0.4) is 0 Å². The number of hydrogen-bond donors (Lipinski definition) is 2. The molecule has 1 aromatic carbocycles. The molecule has 27 heavy (non-hydrogen) atoms. The number of halogens is 1. The van der Waals surface area contributed by atoms with Gasteiger partial charge in [-0.05, 0) is 32.0 Å². The van der Waals surface area contributed by atoms with Crippen LogP contribution < -0.4 is 20.1 Å². The predicted molar refractivity (Wildman–Crippen MR) is 117 cm³/mol. The molecular formula is C19H28IN5O2. The first-order valence-corrected chi connectivity index (χ1v) is 8.97. The zero-order valence-electron chi connectivity index (χ0n) is 16.3. The lowest BCUT2D eigenvalue weighted by Gasteiger charge is -2.15. The fraction of sp³-hybridized carbons (Fsp3) is 0.474. The fourth-order valence-electron chi connectivity index (χ4n) is 3.06. The molecule has 0 fully saturated rings. The van der Waals surface area contributed by atoms with Crippen LogP contribution in [-0.2, 0) is 26.6 Å². The normalized spacial score (nSPS) is 15.6. The van der Waals surface area contributed by atoms with E-state index in [1.807, 2.05) is 24.7 Å². The lowest BCUT2D eigenvalue weighted by molar-refractivity contribution is 0.254. The molecule has 0 aliphatic carbocycles. The van der Waals surface area contributed by atoms with E-state index in [9.17, 15) is 0 Å². The highest BCUT2D eigenvalue weighted by atomic mass is 127. The number of aliphatic imine (C=N–C) groups is 1. The number of aryl methyl sites for hydroxylation is 1. The van der Waals surface area contributed by atoms with Gasteiger partial charge in [0, 0.05) is 44.4 Å². The van der Waals surface area contributed by atoms with Crippen LogP contribution in [0.15, 0.2) is 29.4 Å². The summed E-state index contributed by atoms with van der Waals surface area (Å²) < 4.78 is 13.6. The first-order chi connectivity index (χ1) is 12.6. The van der Waals surface area contributed by atoms with Crippen molar-refractivity contribution in [1.82, 2.24) is 20.4 Å². The van der Waals surface area contributed by atoms with Crippen LogP contribution in [0.4, 0.5) is 0 Å². The average molecular weight is 485 g/mol. The van der Waals surface area contributed by atoms with E-state index in [-0.39, 0.29) is 30.1 Å². The zero-order chi connectivity index (χ0) is 18.5. The molecule has 148 valence electrons. The third-order valence-electron chi connectivity index (χ3n) is 4.41. The fourth-order valence-corrected chi connectivity index (χ4v) is 3.06. The summed E-state index contributed by atoms with van der Waals surface area (Å²) in [7, 11) is 3.68. The van der Waals surface area contributed by atoms with Gasteiger partial charge in [0.25, 0.3) is 0 Å². The second-order valence-corrected chi connectivity index (χ2v) is 6.36. The molecule has 1 aliphatic heterocycles. The number of fused-ring (bicyclic) bond motifs is 1. The van der Waals surface area contributed by atoms with Gasteiger partial charge in [-0.1, -0.05) is 0 Å². The summed E-state index contributed by atoms with van der Waals surface area (Å²) in [4.78, 5) is 4.29. The molecule has 0 bridgehead atoms. The van der Waals surface area contributed by atoms with Crippen molar-refractivity contribution in [2.45, 2.75) is 39.5 Å². The topological polar surface area (TPSA) is 72.7 Å². The molecule has 0 amide bonds. The first-order valence-electron chi connectivity index (χ1n) is 8.97. The van der Waals surface area contributed by atoms with E-state index in [1.165, 1.54) is 5.56 Å². The van der Waals surface area contributed by atoms with Crippen LogP contribution in [-0.4, -0.2) is 35.5 Å². The molecule has 2 heterocycles. The average Bonchev–Trinajstić information content (AvgIpc) is 3.19. The Labute approximate surface area is 177 Å². The molecule has 3 rings (SSSR count). The molecule has 1 aliphatic rings. The van der Waals surface area contributed by atoms with Gasteiger partial charge in [-0.2, -0.15) is 5.10 Å². The number of rotatable bonds is 6. The third kappa shape index (κ3) is 5.27. The Kier molecular flexibility index (Phi) is 7.76.